The first-order chi connectivity index (χ1) is 11.3. The van der Waals surface area contributed by atoms with E-state index in [1.165, 1.54) is 12.7 Å². The molecule has 0 saturated carbocycles. The third kappa shape index (κ3) is 4.05. The summed E-state index contributed by atoms with van der Waals surface area (Å²) in [5, 5.41) is 3.39. The minimum Gasteiger partial charge on any atom is -0.468 e. The maximum atomic E-state index is 12.3. The molecular weight excluding hydrogens is 322 g/mol. The second-order valence-corrected chi connectivity index (χ2v) is 5.69. The highest BCUT2D eigenvalue weighted by molar-refractivity contribution is 5.85. The molecule has 0 amide bonds. The molecule has 0 radical (unpaired) electrons. The Morgan fingerprint density at radius 2 is 1.75 bits per heavy atom. The predicted molar refractivity (Wildman–Crippen MR) is 99.4 cm³/mol. The molecule has 1 N–H and O–H groups in total. The number of hydrogen-bond donors (Lipinski definition) is 1. The van der Waals surface area contributed by atoms with E-state index in [0.29, 0.717) is 0 Å². The lowest BCUT2D eigenvalue weighted by Crippen LogP contribution is -2.39. The quantitative estimate of drug-likeness (QED) is 0.674. The topological polar surface area (TPSA) is 38.3 Å². The Morgan fingerprint density at radius 3 is 2.33 bits per heavy atom. The number of halogens is 1. The molecular formula is C20H22ClNO2. The summed E-state index contributed by atoms with van der Waals surface area (Å²) in [5.41, 5.74) is 3.29. The van der Waals surface area contributed by atoms with Crippen LogP contribution >= 0.6 is 12.4 Å². The Labute approximate surface area is 149 Å². The van der Waals surface area contributed by atoms with Crippen molar-refractivity contribution in [2.24, 2.45) is 0 Å². The van der Waals surface area contributed by atoms with Crippen LogP contribution in [0.2, 0.25) is 0 Å². The van der Waals surface area contributed by atoms with Crippen molar-refractivity contribution in [1.82, 2.24) is 5.32 Å². The van der Waals surface area contributed by atoms with E-state index < -0.39 is 0 Å². The Bertz CT molecular complexity index is 683. The fraction of sp³-hybridized carbons (Fsp3) is 0.250. The maximum absolute atomic E-state index is 12.3. The van der Waals surface area contributed by atoms with Crippen LogP contribution in [0.25, 0.3) is 11.1 Å². The van der Waals surface area contributed by atoms with Crippen molar-refractivity contribution in [3.05, 3.63) is 72.3 Å². The zero-order chi connectivity index (χ0) is 16.1. The molecule has 1 aliphatic heterocycles. The molecule has 3 rings (SSSR count). The third-order valence-corrected chi connectivity index (χ3v) is 4.23. The zero-order valence-corrected chi connectivity index (χ0v) is 14.5. The number of rotatable bonds is 4. The first-order valence-corrected chi connectivity index (χ1v) is 7.93. The monoisotopic (exact) mass is 343 g/mol. The summed E-state index contributed by atoms with van der Waals surface area (Å²) in [4.78, 5) is 12.3. The van der Waals surface area contributed by atoms with Gasteiger partial charge in [-0.15, -0.1) is 12.4 Å². The lowest BCUT2D eigenvalue weighted by molar-refractivity contribution is -0.142. The average molecular weight is 344 g/mol. The van der Waals surface area contributed by atoms with E-state index in [-0.39, 0.29) is 30.3 Å². The molecule has 1 aliphatic rings. The second-order valence-electron chi connectivity index (χ2n) is 5.69. The van der Waals surface area contributed by atoms with Crippen molar-refractivity contribution in [3.8, 4) is 11.1 Å². The highest BCUT2D eigenvalue weighted by atomic mass is 35.5. The molecule has 4 heteroatoms. The number of ether oxygens (including phenoxy) is 1. The van der Waals surface area contributed by atoms with Gasteiger partial charge in [0.25, 0.3) is 0 Å². The van der Waals surface area contributed by atoms with Crippen molar-refractivity contribution in [2.75, 3.05) is 13.7 Å². The van der Waals surface area contributed by atoms with E-state index in [0.717, 1.165) is 24.1 Å². The van der Waals surface area contributed by atoms with Gasteiger partial charge in [0.1, 0.15) is 5.92 Å². The van der Waals surface area contributed by atoms with Crippen LogP contribution in [0, 0.1) is 0 Å². The summed E-state index contributed by atoms with van der Waals surface area (Å²) >= 11 is 0. The van der Waals surface area contributed by atoms with Gasteiger partial charge in [-0.2, -0.15) is 0 Å². The van der Waals surface area contributed by atoms with Gasteiger partial charge < -0.3 is 10.1 Å². The van der Waals surface area contributed by atoms with Gasteiger partial charge in [0.15, 0.2) is 0 Å². The molecule has 24 heavy (non-hydrogen) atoms. The van der Waals surface area contributed by atoms with Gasteiger partial charge in [0.05, 0.1) is 7.11 Å². The van der Waals surface area contributed by atoms with Crippen molar-refractivity contribution < 1.29 is 9.53 Å². The average Bonchev–Trinajstić information content (AvgIpc) is 2.64. The fourth-order valence-corrected chi connectivity index (χ4v) is 3.00. The van der Waals surface area contributed by atoms with Crippen LogP contribution in [0.4, 0.5) is 0 Å². The molecule has 0 saturated heterocycles. The molecule has 126 valence electrons. The summed E-state index contributed by atoms with van der Waals surface area (Å²) in [5.74, 6) is -0.525. The number of nitrogens with one attached hydrogen (secondary N) is 1. The number of carbonyl (C=O) groups is 1. The van der Waals surface area contributed by atoms with Gasteiger partial charge in [0.2, 0.25) is 0 Å². The van der Waals surface area contributed by atoms with Gasteiger partial charge in [-0.1, -0.05) is 66.7 Å². The van der Waals surface area contributed by atoms with E-state index in [1.807, 2.05) is 30.3 Å². The lowest BCUT2D eigenvalue weighted by Gasteiger charge is -2.26. The van der Waals surface area contributed by atoms with Gasteiger partial charge in [0, 0.05) is 6.04 Å². The molecule has 2 aromatic carbocycles. The van der Waals surface area contributed by atoms with E-state index in [9.17, 15) is 4.79 Å². The molecule has 0 aliphatic carbocycles. The Morgan fingerprint density at radius 1 is 1.08 bits per heavy atom. The van der Waals surface area contributed by atoms with Crippen LogP contribution in [0.5, 0.6) is 0 Å². The molecule has 3 nitrogen and oxygen atoms in total. The van der Waals surface area contributed by atoms with E-state index in [1.54, 1.807) is 0 Å². The van der Waals surface area contributed by atoms with Gasteiger partial charge >= 0.3 is 5.97 Å². The Kier molecular flexibility index (Phi) is 6.59. The lowest BCUT2D eigenvalue weighted by atomic mass is 9.88. The summed E-state index contributed by atoms with van der Waals surface area (Å²) in [7, 11) is 1.44. The smallest absolute Gasteiger partial charge is 0.315 e. The van der Waals surface area contributed by atoms with Crippen molar-refractivity contribution in [3.63, 3.8) is 0 Å². The van der Waals surface area contributed by atoms with Crippen LogP contribution < -0.4 is 5.32 Å². The first-order valence-electron chi connectivity index (χ1n) is 7.93. The number of benzene rings is 2. The van der Waals surface area contributed by atoms with E-state index in [4.69, 9.17) is 4.74 Å². The summed E-state index contributed by atoms with van der Waals surface area (Å²) in [6.45, 7) is 0.886. The summed E-state index contributed by atoms with van der Waals surface area (Å²) < 4.78 is 5.02. The fourth-order valence-electron chi connectivity index (χ4n) is 3.00. The van der Waals surface area contributed by atoms with Crippen molar-refractivity contribution >= 4 is 18.4 Å². The van der Waals surface area contributed by atoms with Crippen LogP contribution in [0.1, 0.15) is 17.9 Å². The van der Waals surface area contributed by atoms with Crippen LogP contribution in [0.15, 0.2) is 66.7 Å². The predicted octanol–water partition coefficient (Wildman–Crippen LogP) is 3.95. The van der Waals surface area contributed by atoms with E-state index >= 15 is 0 Å². The number of methoxy groups -OCH3 is 1. The molecule has 0 aromatic heterocycles. The number of esters is 1. The van der Waals surface area contributed by atoms with Gasteiger partial charge in [-0.25, -0.2) is 0 Å². The standard InChI is InChI=1S/C20H21NO2.ClH/c1-23-20(22)19(18-9-5-6-14-21-18)17-12-10-16(11-13-17)15-7-3-2-4-8-15;/h2-5,7-13,18-19,21H,6,14H2,1H3;1H/t18-,19+;/m0./s1. The normalized spacial score (nSPS) is 17.6. The van der Waals surface area contributed by atoms with E-state index in [2.05, 4.69) is 41.7 Å². The second kappa shape index (κ2) is 8.67. The number of hydrogen-bond acceptors (Lipinski definition) is 3. The minimum absolute atomic E-state index is 0. The molecule has 0 spiro atoms. The van der Waals surface area contributed by atoms with Crippen LogP contribution in [-0.4, -0.2) is 25.7 Å². The highest BCUT2D eigenvalue weighted by Gasteiger charge is 2.29. The summed E-state index contributed by atoms with van der Waals surface area (Å²) in [6, 6.07) is 18.4. The van der Waals surface area contributed by atoms with Gasteiger partial charge in [-0.3, -0.25) is 4.79 Å². The molecule has 2 aromatic rings. The minimum atomic E-state index is -0.318. The molecule has 0 fully saturated rings. The van der Waals surface area contributed by atoms with Gasteiger partial charge in [-0.05, 0) is 29.7 Å². The number of carbonyl (C=O) groups excluding carboxylic acids is 1. The largest absolute Gasteiger partial charge is 0.468 e. The third-order valence-electron chi connectivity index (χ3n) is 4.23. The van der Waals surface area contributed by atoms with Crippen LogP contribution in [0.3, 0.4) is 0 Å². The van der Waals surface area contributed by atoms with Crippen molar-refractivity contribution in [2.45, 2.75) is 18.4 Å². The zero-order valence-electron chi connectivity index (χ0n) is 13.6. The highest BCUT2D eigenvalue weighted by Crippen LogP contribution is 2.27. The molecule has 0 bridgehead atoms. The summed E-state index contributed by atoms with van der Waals surface area (Å²) in [6.07, 6.45) is 5.18. The molecule has 2 atom stereocenters. The molecule has 1 heterocycles. The SMILES string of the molecule is COC(=O)[C@H](c1ccc(-c2ccccc2)cc1)[C@@H]1C=CCCN1.Cl. The van der Waals surface area contributed by atoms with Crippen LogP contribution in [-0.2, 0) is 9.53 Å². The maximum Gasteiger partial charge on any atom is 0.315 e. The first kappa shape index (κ1) is 18.2. The Hall–Kier alpha value is -2.10. The van der Waals surface area contributed by atoms with Crippen molar-refractivity contribution in [1.29, 1.82) is 0 Å². The molecule has 0 unspecified atom stereocenters. The Balaban J connectivity index is 0.00000208.